The van der Waals surface area contributed by atoms with Gasteiger partial charge in [0.2, 0.25) is 11.8 Å². The van der Waals surface area contributed by atoms with Crippen LogP contribution in [0.15, 0.2) is 24.3 Å². The molecule has 1 saturated heterocycles. The highest BCUT2D eigenvalue weighted by molar-refractivity contribution is 5.94. The van der Waals surface area contributed by atoms with E-state index in [1.54, 1.807) is 17.0 Å². The van der Waals surface area contributed by atoms with Crippen LogP contribution in [0.4, 0.5) is 0 Å². The molecule has 1 aromatic rings. The Morgan fingerprint density at radius 1 is 0.960 bits per heavy atom. The topological polar surface area (TPSA) is 69.7 Å². The number of benzene rings is 1. The van der Waals surface area contributed by atoms with E-state index < -0.39 is 5.41 Å². The minimum Gasteiger partial charge on any atom is -0.352 e. The van der Waals surface area contributed by atoms with E-state index in [1.807, 2.05) is 37.8 Å². The van der Waals surface area contributed by atoms with Crippen LogP contribution in [0.3, 0.4) is 0 Å². The first-order valence-corrected chi connectivity index (χ1v) is 8.60. The van der Waals surface area contributed by atoms with Gasteiger partial charge >= 0.3 is 0 Å². The number of carbonyl (C=O) groups is 3. The molecule has 0 bridgehead atoms. The maximum absolute atomic E-state index is 12.6. The molecule has 1 aliphatic rings. The van der Waals surface area contributed by atoms with Crippen LogP contribution in [0, 0.1) is 5.41 Å². The van der Waals surface area contributed by atoms with Crippen molar-refractivity contribution < 1.29 is 14.4 Å². The average molecular weight is 345 g/mol. The molecule has 0 saturated carbocycles. The highest BCUT2D eigenvalue weighted by atomic mass is 16.2. The fourth-order valence-electron chi connectivity index (χ4n) is 2.76. The summed E-state index contributed by atoms with van der Waals surface area (Å²) in [6.45, 7) is 9.91. The van der Waals surface area contributed by atoms with Gasteiger partial charge in [-0.2, -0.15) is 0 Å². The van der Waals surface area contributed by atoms with Crippen molar-refractivity contribution >= 4 is 17.7 Å². The molecule has 1 N–H and O–H groups in total. The fourth-order valence-corrected chi connectivity index (χ4v) is 2.76. The predicted octanol–water partition coefficient (Wildman–Crippen LogP) is 1.65. The minimum atomic E-state index is -0.393. The highest BCUT2D eigenvalue weighted by Crippen LogP contribution is 2.19. The fraction of sp³-hybridized carbons (Fsp3) is 0.526. The maximum atomic E-state index is 12.6. The second-order valence-corrected chi connectivity index (χ2v) is 7.44. The smallest absolute Gasteiger partial charge is 0.253 e. The molecule has 1 aromatic carbocycles. The van der Waals surface area contributed by atoms with Crippen molar-refractivity contribution in [3.8, 4) is 0 Å². The maximum Gasteiger partial charge on any atom is 0.253 e. The summed E-state index contributed by atoms with van der Waals surface area (Å²) in [5, 5.41) is 2.73. The molecular weight excluding hydrogens is 318 g/mol. The molecule has 1 heterocycles. The van der Waals surface area contributed by atoms with E-state index in [0.29, 0.717) is 38.3 Å². The molecule has 0 atom stereocenters. The Labute approximate surface area is 149 Å². The van der Waals surface area contributed by atoms with E-state index in [9.17, 15) is 14.4 Å². The van der Waals surface area contributed by atoms with E-state index in [-0.39, 0.29) is 17.7 Å². The standard InChI is InChI=1S/C19H27N3O3/c1-14(23)20-13-15-5-7-16(8-6-15)17(24)21-9-11-22(12-10-21)18(25)19(2,3)4/h5-8H,9-13H2,1-4H3,(H,20,23). The molecule has 3 amide bonds. The van der Waals surface area contributed by atoms with Gasteiger partial charge in [0.05, 0.1) is 0 Å². The molecule has 0 aliphatic carbocycles. The lowest BCUT2D eigenvalue weighted by molar-refractivity contribution is -0.141. The zero-order valence-electron chi connectivity index (χ0n) is 15.5. The second-order valence-electron chi connectivity index (χ2n) is 7.44. The van der Waals surface area contributed by atoms with Gasteiger partial charge in [0, 0.05) is 50.6 Å². The van der Waals surface area contributed by atoms with Gasteiger partial charge in [0.1, 0.15) is 0 Å². The molecule has 25 heavy (non-hydrogen) atoms. The normalized spacial score (nSPS) is 15.0. The Balaban J connectivity index is 1.92. The first kappa shape index (κ1) is 19.0. The molecule has 0 aromatic heterocycles. The van der Waals surface area contributed by atoms with Gasteiger partial charge in [-0.15, -0.1) is 0 Å². The number of amides is 3. The third kappa shape index (κ3) is 5.05. The van der Waals surface area contributed by atoms with Crippen molar-refractivity contribution in [1.29, 1.82) is 0 Å². The highest BCUT2D eigenvalue weighted by Gasteiger charge is 2.31. The second kappa shape index (κ2) is 7.68. The van der Waals surface area contributed by atoms with Crippen molar-refractivity contribution in [1.82, 2.24) is 15.1 Å². The number of hydrogen-bond acceptors (Lipinski definition) is 3. The Bertz CT molecular complexity index is 639. The third-order valence-electron chi connectivity index (χ3n) is 4.24. The molecule has 2 rings (SSSR count). The number of rotatable bonds is 3. The largest absolute Gasteiger partial charge is 0.352 e. The molecule has 136 valence electrons. The van der Waals surface area contributed by atoms with Gasteiger partial charge in [0.15, 0.2) is 0 Å². The number of carbonyl (C=O) groups excluding carboxylic acids is 3. The van der Waals surface area contributed by atoms with Crippen LogP contribution >= 0.6 is 0 Å². The van der Waals surface area contributed by atoms with E-state index in [0.717, 1.165) is 5.56 Å². The summed E-state index contributed by atoms with van der Waals surface area (Å²) in [6, 6.07) is 7.27. The molecule has 0 unspecified atom stereocenters. The molecule has 6 nitrogen and oxygen atoms in total. The van der Waals surface area contributed by atoms with Crippen molar-refractivity contribution in [3.05, 3.63) is 35.4 Å². The van der Waals surface area contributed by atoms with Gasteiger partial charge in [-0.1, -0.05) is 32.9 Å². The van der Waals surface area contributed by atoms with E-state index >= 15 is 0 Å². The van der Waals surface area contributed by atoms with Crippen LogP contribution in [0.2, 0.25) is 0 Å². The zero-order chi connectivity index (χ0) is 18.6. The van der Waals surface area contributed by atoms with E-state index in [4.69, 9.17) is 0 Å². The van der Waals surface area contributed by atoms with Crippen LogP contribution < -0.4 is 5.32 Å². The summed E-state index contributed by atoms with van der Waals surface area (Å²) in [5.74, 6) is 0.0266. The quantitative estimate of drug-likeness (QED) is 0.906. The summed E-state index contributed by atoms with van der Waals surface area (Å²) < 4.78 is 0. The number of nitrogens with one attached hydrogen (secondary N) is 1. The van der Waals surface area contributed by atoms with Crippen LogP contribution in [0.5, 0.6) is 0 Å². The minimum absolute atomic E-state index is 0.0195. The lowest BCUT2D eigenvalue weighted by atomic mass is 9.94. The van der Waals surface area contributed by atoms with E-state index in [2.05, 4.69) is 5.32 Å². The number of hydrogen-bond donors (Lipinski definition) is 1. The molecule has 1 aliphatic heterocycles. The van der Waals surface area contributed by atoms with Gasteiger partial charge in [-0.3, -0.25) is 14.4 Å². The Hall–Kier alpha value is -2.37. The zero-order valence-corrected chi connectivity index (χ0v) is 15.5. The summed E-state index contributed by atoms with van der Waals surface area (Å²) in [6.07, 6.45) is 0. The summed E-state index contributed by atoms with van der Waals surface area (Å²) in [4.78, 5) is 39.5. The van der Waals surface area contributed by atoms with Crippen LogP contribution in [-0.4, -0.2) is 53.7 Å². The first-order chi connectivity index (χ1) is 11.7. The molecule has 1 fully saturated rings. The van der Waals surface area contributed by atoms with Crippen LogP contribution in [0.1, 0.15) is 43.6 Å². The van der Waals surface area contributed by atoms with Gasteiger partial charge in [0.25, 0.3) is 5.91 Å². The lowest BCUT2D eigenvalue weighted by Gasteiger charge is -2.37. The summed E-state index contributed by atoms with van der Waals surface area (Å²) in [5.41, 5.74) is 1.19. The van der Waals surface area contributed by atoms with E-state index in [1.165, 1.54) is 6.92 Å². The van der Waals surface area contributed by atoms with Crippen molar-refractivity contribution in [3.63, 3.8) is 0 Å². The first-order valence-electron chi connectivity index (χ1n) is 8.60. The van der Waals surface area contributed by atoms with Gasteiger partial charge in [-0.25, -0.2) is 0 Å². The molecule has 0 spiro atoms. The van der Waals surface area contributed by atoms with Gasteiger partial charge in [-0.05, 0) is 17.7 Å². The van der Waals surface area contributed by atoms with Crippen molar-refractivity contribution in [2.45, 2.75) is 34.2 Å². The predicted molar refractivity (Wildman–Crippen MR) is 95.9 cm³/mol. The van der Waals surface area contributed by atoms with Gasteiger partial charge < -0.3 is 15.1 Å². The van der Waals surface area contributed by atoms with Crippen LogP contribution in [-0.2, 0) is 16.1 Å². The van der Waals surface area contributed by atoms with Crippen LogP contribution in [0.25, 0.3) is 0 Å². The lowest BCUT2D eigenvalue weighted by Crippen LogP contribution is -2.53. The Morgan fingerprint density at radius 2 is 1.48 bits per heavy atom. The monoisotopic (exact) mass is 345 g/mol. The van der Waals surface area contributed by atoms with Crippen molar-refractivity contribution in [2.24, 2.45) is 5.41 Å². The Morgan fingerprint density at radius 3 is 1.96 bits per heavy atom. The summed E-state index contributed by atoms with van der Waals surface area (Å²) >= 11 is 0. The molecular formula is C19H27N3O3. The Kier molecular flexibility index (Phi) is 5.82. The SMILES string of the molecule is CC(=O)NCc1ccc(C(=O)N2CCN(C(=O)C(C)(C)C)CC2)cc1. The molecule has 6 heteroatoms. The summed E-state index contributed by atoms with van der Waals surface area (Å²) in [7, 11) is 0. The third-order valence-corrected chi connectivity index (χ3v) is 4.24. The van der Waals surface area contributed by atoms with Crippen molar-refractivity contribution in [2.75, 3.05) is 26.2 Å². The number of piperazine rings is 1. The molecule has 0 radical (unpaired) electrons. The number of nitrogens with zero attached hydrogens (tertiary/aromatic N) is 2. The average Bonchev–Trinajstić information content (AvgIpc) is 2.58.